The molecule has 0 aromatic rings. The Hall–Kier alpha value is -0.553. The van der Waals surface area contributed by atoms with Gasteiger partial charge in [0, 0.05) is 0 Å². The molecule has 0 bridgehead atoms. The van der Waals surface area contributed by atoms with E-state index in [-0.39, 0.29) is 5.41 Å². The van der Waals surface area contributed by atoms with E-state index in [1.807, 2.05) is 0 Å². The molecule has 0 aliphatic carbocycles. The topological polar surface area (TPSA) is 17.1 Å². The third-order valence-corrected chi connectivity index (χ3v) is 7.81. The van der Waals surface area contributed by atoms with Crippen molar-refractivity contribution < 1.29 is 4.79 Å². The Balaban J connectivity index is 4.57. The van der Waals surface area contributed by atoms with E-state index in [4.69, 9.17) is 6.42 Å². The Bertz CT molecular complexity index is 166. The summed E-state index contributed by atoms with van der Waals surface area (Å²) in [5, 5.41) is 0.102. The molecule has 0 saturated carbocycles. The molecule has 0 aliphatic heterocycles. The second kappa shape index (κ2) is 4.35. The van der Waals surface area contributed by atoms with Crippen LogP contribution >= 0.6 is 0 Å². The molecule has 1 nitrogen and oxygen atoms in total. The van der Waals surface area contributed by atoms with E-state index >= 15 is 0 Å². The number of hydrogen-bond donors (Lipinski definition) is 0. The van der Waals surface area contributed by atoms with Crippen molar-refractivity contribution in [1.82, 2.24) is 0 Å². The predicted octanol–water partition coefficient (Wildman–Crippen LogP) is 2.24. The van der Waals surface area contributed by atoms with Gasteiger partial charge in [-0.2, -0.15) is 0 Å². The van der Waals surface area contributed by atoms with Crippen LogP contribution in [0.4, 0.5) is 0 Å². The first-order valence-corrected chi connectivity index (χ1v) is 6.80. The minimum atomic E-state index is -1.70. The number of carbonyl (C=O) groups is 1. The number of carbonyl (C=O) groups excluding carboxylic acids is 1. The molecule has 0 aliphatic rings. The minimum Gasteiger partial charge on any atom is -0.291 e. The van der Waals surface area contributed by atoms with Crippen LogP contribution in [0.5, 0.6) is 0 Å². The van der Waals surface area contributed by atoms with E-state index in [1.165, 1.54) is 0 Å². The molecule has 0 radical (unpaired) electrons. The van der Waals surface area contributed by atoms with Gasteiger partial charge >= 0.3 is 0 Å². The number of rotatable bonds is 4. The van der Waals surface area contributed by atoms with Crippen LogP contribution < -0.4 is 0 Å². The molecule has 0 unspecified atom stereocenters. The maximum absolute atomic E-state index is 11.4. The summed E-state index contributed by atoms with van der Waals surface area (Å²) in [6.45, 7) is 6.23. The number of hydrogen-bond acceptors (Lipinski definition) is 1. The molecule has 62 valence electrons. The van der Waals surface area contributed by atoms with Gasteiger partial charge in [-0.1, -0.05) is 38.9 Å². The lowest BCUT2D eigenvalue weighted by Gasteiger charge is -2.22. The number of terminal acetylenes is 1. The molecule has 0 spiro atoms. The van der Waals surface area contributed by atoms with Gasteiger partial charge < -0.3 is 0 Å². The average molecular weight is 168 g/mol. The molecule has 0 saturated heterocycles. The zero-order valence-corrected chi connectivity index (χ0v) is 8.61. The quantitative estimate of drug-likeness (QED) is 0.465. The summed E-state index contributed by atoms with van der Waals surface area (Å²) < 4.78 is 0. The maximum atomic E-state index is 11.4. The highest BCUT2D eigenvalue weighted by Gasteiger charge is 2.34. The SMILES string of the molecule is C#CC(=O)[Si](CC)(CC)CC. The molecule has 2 heteroatoms. The van der Waals surface area contributed by atoms with Crippen LogP contribution in [0.15, 0.2) is 0 Å². The van der Waals surface area contributed by atoms with Gasteiger partial charge in [0.05, 0.1) is 0 Å². The van der Waals surface area contributed by atoms with Crippen LogP contribution in [0, 0.1) is 12.3 Å². The maximum Gasteiger partial charge on any atom is 0.180 e. The largest absolute Gasteiger partial charge is 0.291 e. The van der Waals surface area contributed by atoms with Gasteiger partial charge in [-0.15, -0.1) is 6.42 Å². The fourth-order valence-electron chi connectivity index (χ4n) is 1.38. The molecule has 0 N–H and O–H groups in total. The van der Waals surface area contributed by atoms with Crippen LogP contribution in [-0.2, 0) is 4.79 Å². The summed E-state index contributed by atoms with van der Waals surface area (Å²) in [4.78, 5) is 11.4. The van der Waals surface area contributed by atoms with Crippen LogP contribution in [0.25, 0.3) is 0 Å². The molecule has 0 aromatic heterocycles. The van der Waals surface area contributed by atoms with E-state index in [9.17, 15) is 4.79 Å². The van der Waals surface area contributed by atoms with Gasteiger partial charge in [-0.3, -0.25) is 4.79 Å². The second-order valence-corrected chi connectivity index (χ2v) is 7.95. The smallest absolute Gasteiger partial charge is 0.180 e. The Kier molecular flexibility index (Phi) is 4.13. The van der Waals surface area contributed by atoms with Crippen molar-refractivity contribution in [3.05, 3.63) is 0 Å². The van der Waals surface area contributed by atoms with E-state index < -0.39 is 8.07 Å². The minimum absolute atomic E-state index is 0.102. The highest BCUT2D eigenvalue weighted by molar-refractivity contribution is 7.08. The molecular formula is C9H16OSi. The Morgan fingerprint density at radius 2 is 1.64 bits per heavy atom. The molecule has 0 aromatic carbocycles. The summed E-state index contributed by atoms with van der Waals surface area (Å²) in [5.74, 6) is 2.28. The normalized spacial score (nSPS) is 10.7. The van der Waals surface area contributed by atoms with Crippen LogP contribution in [0.2, 0.25) is 18.1 Å². The lowest BCUT2D eigenvalue weighted by Crippen LogP contribution is -2.41. The van der Waals surface area contributed by atoms with Crippen molar-refractivity contribution in [3.8, 4) is 12.3 Å². The molecule has 11 heavy (non-hydrogen) atoms. The highest BCUT2D eigenvalue weighted by Crippen LogP contribution is 2.20. The summed E-state index contributed by atoms with van der Waals surface area (Å²) in [6.07, 6.45) is 5.12. The lowest BCUT2D eigenvalue weighted by molar-refractivity contribution is -0.108. The van der Waals surface area contributed by atoms with E-state index in [0.717, 1.165) is 18.1 Å². The summed E-state index contributed by atoms with van der Waals surface area (Å²) >= 11 is 0. The molecule has 0 amide bonds. The first kappa shape index (κ1) is 10.4. The van der Waals surface area contributed by atoms with Crippen LogP contribution in [-0.4, -0.2) is 13.5 Å². The zero-order valence-electron chi connectivity index (χ0n) is 7.61. The highest BCUT2D eigenvalue weighted by atomic mass is 28.3. The van der Waals surface area contributed by atoms with Gasteiger partial charge in [0.2, 0.25) is 0 Å². The monoisotopic (exact) mass is 168 g/mol. The zero-order chi connectivity index (χ0) is 8.91. The van der Waals surface area contributed by atoms with Crippen molar-refractivity contribution in [2.75, 3.05) is 0 Å². The summed E-state index contributed by atoms with van der Waals surface area (Å²) in [5.41, 5.74) is 0. The van der Waals surface area contributed by atoms with E-state index in [2.05, 4.69) is 26.7 Å². The van der Waals surface area contributed by atoms with Gasteiger partial charge in [-0.05, 0) is 5.92 Å². The predicted molar refractivity (Wildman–Crippen MR) is 51.0 cm³/mol. The third-order valence-electron chi connectivity index (χ3n) is 2.64. The standard InChI is InChI=1S/C9H16OSi/c1-5-9(10)11(6-2,7-3)8-4/h1H,6-8H2,2-4H3. The first-order valence-electron chi connectivity index (χ1n) is 4.17. The molecule has 0 fully saturated rings. The summed E-state index contributed by atoms with van der Waals surface area (Å²) in [6, 6.07) is 2.97. The fraction of sp³-hybridized carbons (Fsp3) is 0.667. The average Bonchev–Trinajstić information content (AvgIpc) is 2.08. The van der Waals surface area contributed by atoms with Gasteiger partial charge in [-0.25, -0.2) is 0 Å². The van der Waals surface area contributed by atoms with E-state index in [0.29, 0.717) is 0 Å². The van der Waals surface area contributed by atoms with Gasteiger partial charge in [0.1, 0.15) is 8.07 Å². The van der Waals surface area contributed by atoms with Gasteiger partial charge in [0.25, 0.3) is 0 Å². The van der Waals surface area contributed by atoms with Crippen LogP contribution in [0.3, 0.4) is 0 Å². The Morgan fingerprint density at radius 3 is 1.73 bits per heavy atom. The fourth-order valence-corrected chi connectivity index (χ4v) is 4.15. The van der Waals surface area contributed by atoms with E-state index in [1.54, 1.807) is 0 Å². The second-order valence-electron chi connectivity index (χ2n) is 2.81. The van der Waals surface area contributed by atoms with Crippen molar-refractivity contribution in [3.63, 3.8) is 0 Å². The molecule has 0 heterocycles. The Morgan fingerprint density at radius 1 is 1.27 bits per heavy atom. The first-order chi connectivity index (χ1) is 5.16. The third kappa shape index (κ3) is 1.94. The van der Waals surface area contributed by atoms with Crippen LogP contribution in [0.1, 0.15) is 20.8 Å². The van der Waals surface area contributed by atoms with Crippen molar-refractivity contribution in [1.29, 1.82) is 0 Å². The molecule has 0 rings (SSSR count). The summed E-state index contributed by atoms with van der Waals surface area (Å²) in [7, 11) is -1.70. The lowest BCUT2D eigenvalue weighted by atomic mass is 10.8. The van der Waals surface area contributed by atoms with Crippen molar-refractivity contribution in [2.45, 2.75) is 38.9 Å². The van der Waals surface area contributed by atoms with Crippen molar-refractivity contribution in [2.24, 2.45) is 0 Å². The van der Waals surface area contributed by atoms with Gasteiger partial charge in [0.15, 0.2) is 5.41 Å². The molecular weight excluding hydrogens is 152 g/mol. The molecule has 0 atom stereocenters. The van der Waals surface area contributed by atoms with Crippen molar-refractivity contribution >= 4 is 13.5 Å². The Labute approximate surface area is 70.2 Å².